The van der Waals surface area contributed by atoms with Gasteiger partial charge in [-0.2, -0.15) is 0 Å². The lowest BCUT2D eigenvalue weighted by molar-refractivity contribution is -0.116. The Labute approximate surface area is 119 Å². The molecule has 0 atom stereocenters. The van der Waals surface area contributed by atoms with Crippen LogP contribution in [0.1, 0.15) is 24.6 Å². The zero-order chi connectivity index (χ0) is 15.1. The van der Waals surface area contributed by atoms with Crippen molar-refractivity contribution >= 4 is 26.5 Å². The molecule has 4 nitrogen and oxygen atoms in total. The van der Waals surface area contributed by atoms with E-state index >= 15 is 0 Å². The van der Waals surface area contributed by atoms with Gasteiger partial charge in [0.05, 0.1) is 4.90 Å². The Kier molecular flexibility index (Phi) is 3.73. The summed E-state index contributed by atoms with van der Waals surface area (Å²) < 4.78 is 25.4. The van der Waals surface area contributed by atoms with Crippen molar-refractivity contribution in [2.75, 3.05) is 6.26 Å². The third-order valence-electron chi connectivity index (χ3n) is 3.75. The molecule has 5 heteroatoms. The lowest BCUT2D eigenvalue weighted by atomic mass is 10.0. The van der Waals surface area contributed by atoms with Crippen molar-refractivity contribution in [3.05, 3.63) is 29.5 Å². The Morgan fingerprint density at radius 2 is 1.95 bits per heavy atom. The molecular weight excluding hydrogens is 274 g/mol. The first-order valence-corrected chi connectivity index (χ1v) is 8.38. The maximum absolute atomic E-state index is 11.7. The molecule has 1 aromatic carbocycles. The number of carbonyl (C=O) groups is 1. The molecule has 2 rings (SSSR count). The van der Waals surface area contributed by atoms with Crippen molar-refractivity contribution in [1.82, 2.24) is 4.57 Å². The van der Waals surface area contributed by atoms with Gasteiger partial charge in [-0.25, -0.2) is 8.42 Å². The number of hydrogen-bond acceptors (Lipinski definition) is 3. The summed E-state index contributed by atoms with van der Waals surface area (Å²) in [6, 6.07) is 5.18. The van der Waals surface area contributed by atoms with Crippen LogP contribution in [0.2, 0.25) is 0 Å². The number of nitrogens with zero attached hydrogens (tertiary/aromatic N) is 1. The first-order chi connectivity index (χ1) is 9.21. The Bertz CT molecular complexity index is 785. The van der Waals surface area contributed by atoms with Gasteiger partial charge in [0.1, 0.15) is 5.78 Å². The summed E-state index contributed by atoms with van der Waals surface area (Å²) in [6.45, 7) is 3.57. The maximum Gasteiger partial charge on any atom is 0.175 e. The average Bonchev–Trinajstić information content (AvgIpc) is 2.58. The second-order valence-electron chi connectivity index (χ2n) is 5.28. The van der Waals surface area contributed by atoms with Crippen molar-refractivity contribution < 1.29 is 13.2 Å². The number of hydrogen-bond donors (Lipinski definition) is 0. The number of rotatable bonds is 4. The van der Waals surface area contributed by atoms with Gasteiger partial charge in [0, 0.05) is 36.3 Å². The van der Waals surface area contributed by atoms with Crippen LogP contribution < -0.4 is 0 Å². The molecule has 0 aliphatic heterocycles. The number of aromatic nitrogens is 1. The van der Waals surface area contributed by atoms with Gasteiger partial charge < -0.3 is 9.36 Å². The SMILES string of the molecule is CC(=O)CCc1c(C)n(C)c2ccc(S(C)(=O)=O)cc12. The molecule has 0 radical (unpaired) electrons. The number of ketones is 1. The van der Waals surface area contributed by atoms with Crippen LogP contribution in [-0.2, 0) is 28.1 Å². The third-order valence-corrected chi connectivity index (χ3v) is 4.86. The quantitative estimate of drug-likeness (QED) is 0.870. The smallest absolute Gasteiger partial charge is 0.175 e. The van der Waals surface area contributed by atoms with Crippen molar-refractivity contribution in [3.8, 4) is 0 Å². The van der Waals surface area contributed by atoms with E-state index in [0.717, 1.165) is 22.2 Å². The molecule has 0 aliphatic carbocycles. The monoisotopic (exact) mass is 293 g/mol. The van der Waals surface area contributed by atoms with E-state index in [9.17, 15) is 13.2 Å². The molecule has 0 fully saturated rings. The molecule has 1 heterocycles. The minimum atomic E-state index is -3.22. The average molecular weight is 293 g/mol. The summed E-state index contributed by atoms with van der Waals surface area (Å²) in [7, 11) is -1.27. The van der Waals surface area contributed by atoms with E-state index in [4.69, 9.17) is 0 Å². The number of benzene rings is 1. The summed E-state index contributed by atoms with van der Waals surface area (Å²) in [6.07, 6.45) is 2.33. The van der Waals surface area contributed by atoms with Gasteiger partial charge in [-0.3, -0.25) is 0 Å². The van der Waals surface area contributed by atoms with Crippen molar-refractivity contribution in [1.29, 1.82) is 0 Å². The molecule has 0 unspecified atom stereocenters. The second-order valence-corrected chi connectivity index (χ2v) is 7.29. The van der Waals surface area contributed by atoms with Gasteiger partial charge in [0.2, 0.25) is 0 Å². The second kappa shape index (κ2) is 5.05. The zero-order valence-electron chi connectivity index (χ0n) is 12.2. The molecule has 0 spiro atoms. The zero-order valence-corrected chi connectivity index (χ0v) is 13.0. The van der Waals surface area contributed by atoms with Gasteiger partial charge in [0.25, 0.3) is 0 Å². The van der Waals surface area contributed by atoms with E-state index < -0.39 is 9.84 Å². The van der Waals surface area contributed by atoms with Crippen molar-refractivity contribution in [2.24, 2.45) is 7.05 Å². The van der Waals surface area contributed by atoms with Crippen molar-refractivity contribution in [3.63, 3.8) is 0 Å². The van der Waals surface area contributed by atoms with Crippen LogP contribution in [0, 0.1) is 6.92 Å². The van der Waals surface area contributed by atoms with E-state index in [2.05, 4.69) is 0 Å². The lowest BCUT2D eigenvalue weighted by Crippen LogP contribution is -1.97. The predicted octanol–water partition coefficient (Wildman–Crippen LogP) is 2.41. The van der Waals surface area contributed by atoms with Crippen LogP contribution >= 0.6 is 0 Å². The van der Waals surface area contributed by atoms with E-state index in [1.807, 2.05) is 24.6 Å². The maximum atomic E-state index is 11.7. The predicted molar refractivity (Wildman–Crippen MR) is 79.8 cm³/mol. The van der Waals surface area contributed by atoms with Crippen LogP contribution in [-0.4, -0.2) is 25.0 Å². The summed E-state index contributed by atoms with van der Waals surface area (Å²) in [4.78, 5) is 11.5. The molecular formula is C15H19NO3S. The van der Waals surface area contributed by atoms with Gasteiger partial charge in [-0.15, -0.1) is 0 Å². The fourth-order valence-electron chi connectivity index (χ4n) is 2.47. The van der Waals surface area contributed by atoms with E-state index in [1.165, 1.54) is 6.26 Å². The topological polar surface area (TPSA) is 56.1 Å². The lowest BCUT2D eigenvalue weighted by Gasteiger charge is -2.02. The van der Waals surface area contributed by atoms with Gasteiger partial charge >= 0.3 is 0 Å². The molecule has 108 valence electrons. The minimum Gasteiger partial charge on any atom is -0.348 e. The largest absolute Gasteiger partial charge is 0.348 e. The van der Waals surface area contributed by atoms with Crippen molar-refractivity contribution in [2.45, 2.75) is 31.6 Å². The highest BCUT2D eigenvalue weighted by atomic mass is 32.2. The highest BCUT2D eigenvalue weighted by Gasteiger charge is 2.15. The molecule has 0 bridgehead atoms. The molecule has 2 aromatic rings. The highest BCUT2D eigenvalue weighted by molar-refractivity contribution is 7.90. The fourth-order valence-corrected chi connectivity index (χ4v) is 3.12. The Morgan fingerprint density at radius 3 is 2.50 bits per heavy atom. The minimum absolute atomic E-state index is 0.140. The third kappa shape index (κ3) is 2.63. The molecule has 0 saturated heterocycles. The molecule has 0 saturated carbocycles. The van der Waals surface area contributed by atoms with E-state index in [-0.39, 0.29) is 5.78 Å². The Hall–Kier alpha value is -1.62. The molecule has 0 aliphatic rings. The number of Topliss-reactive ketones (excluding diaryl/α,β-unsaturated/α-hetero) is 1. The van der Waals surface area contributed by atoms with E-state index in [1.54, 1.807) is 19.1 Å². The van der Waals surface area contributed by atoms with Gasteiger partial charge in [0.15, 0.2) is 9.84 Å². The van der Waals surface area contributed by atoms with Crippen LogP contribution in [0.3, 0.4) is 0 Å². The van der Waals surface area contributed by atoms with Crippen LogP contribution in [0.4, 0.5) is 0 Å². The van der Waals surface area contributed by atoms with Crippen LogP contribution in [0.5, 0.6) is 0 Å². The number of aryl methyl sites for hydroxylation is 2. The molecule has 1 aromatic heterocycles. The first kappa shape index (κ1) is 14.8. The van der Waals surface area contributed by atoms with Crippen LogP contribution in [0.15, 0.2) is 23.1 Å². The van der Waals surface area contributed by atoms with Gasteiger partial charge in [-0.05, 0) is 44.0 Å². The molecule has 0 amide bonds. The summed E-state index contributed by atoms with van der Waals surface area (Å²) in [5, 5.41) is 0.925. The summed E-state index contributed by atoms with van der Waals surface area (Å²) in [5.41, 5.74) is 3.13. The molecule has 20 heavy (non-hydrogen) atoms. The fraction of sp³-hybridized carbons (Fsp3) is 0.400. The number of carbonyl (C=O) groups excluding carboxylic acids is 1. The highest BCUT2D eigenvalue weighted by Crippen LogP contribution is 2.28. The standard InChI is InChI=1S/C15H19NO3S/c1-10(17)5-7-13-11(2)16(3)15-8-6-12(9-14(13)15)20(4,18)19/h6,8-9H,5,7H2,1-4H3. The Morgan fingerprint density at radius 1 is 1.30 bits per heavy atom. The molecule has 0 N–H and O–H groups in total. The number of fused-ring (bicyclic) bond motifs is 1. The summed E-state index contributed by atoms with van der Waals surface area (Å²) in [5.74, 6) is 0.140. The Balaban J connectivity index is 2.66. The van der Waals surface area contributed by atoms with Crippen LogP contribution in [0.25, 0.3) is 10.9 Å². The van der Waals surface area contributed by atoms with E-state index in [0.29, 0.717) is 17.7 Å². The first-order valence-electron chi connectivity index (χ1n) is 6.49. The summed E-state index contributed by atoms with van der Waals surface area (Å²) >= 11 is 0. The normalized spacial score (nSPS) is 12.0. The number of sulfone groups is 1. The van der Waals surface area contributed by atoms with Gasteiger partial charge in [-0.1, -0.05) is 0 Å².